The van der Waals surface area contributed by atoms with Gasteiger partial charge in [-0.15, -0.1) is 0 Å². The summed E-state index contributed by atoms with van der Waals surface area (Å²) in [6.45, 7) is 1.73. The number of hydrazone groups is 1. The van der Waals surface area contributed by atoms with Gasteiger partial charge in [-0.25, -0.2) is 5.43 Å². The lowest BCUT2D eigenvalue weighted by molar-refractivity contribution is 0.400. The van der Waals surface area contributed by atoms with Gasteiger partial charge in [-0.2, -0.15) is 20.1 Å². The third-order valence-electron chi connectivity index (χ3n) is 7.35. The highest BCUT2D eigenvalue weighted by Gasteiger charge is 2.22. The van der Waals surface area contributed by atoms with Crippen LogP contribution in [0.2, 0.25) is 5.02 Å². The van der Waals surface area contributed by atoms with Gasteiger partial charge in [0.25, 0.3) is 0 Å². The summed E-state index contributed by atoms with van der Waals surface area (Å²) in [6.07, 6.45) is 4.81. The number of nitrogens with one attached hydrogen (secondary N) is 2. The molecule has 5 aromatic rings. The van der Waals surface area contributed by atoms with Gasteiger partial charge in [0.1, 0.15) is 17.3 Å². The molecule has 218 valence electrons. The van der Waals surface area contributed by atoms with E-state index in [-0.39, 0.29) is 0 Å². The second-order valence-corrected chi connectivity index (χ2v) is 10.8. The molecule has 43 heavy (non-hydrogen) atoms. The first kappa shape index (κ1) is 28.2. The molecule has 3 aromatic carbocycles. The first-order valence-corrected chi connectivity index (χ1v) is 14.6. The molecule has 0 atom stereocenters. The van der Waals surface area contributed by atoms with Crippen LogP contribution in [0.4, 0.5) is 23.5 Å². The van der Waals surface area contributed by atoms with E-state index in [2.05, 4.69) is 56.1 Å². The summed E-state index contributed by atoms with van der Waals surface area (Å²) in [5.74, 6) is 4.06. The third-order valence-corrected chi connectivity index (χ3v) is 7.60. The number of anilines is 4. The molecule has 1 aliphatic rings. The van der Waals surface area contributed by atoms with Crippen LogP contribution in [-0.4, -0.2) is 41.4 Å². The van der Waals surface area contributed by atoms with E-state index in [4.69, 9.17) is 30.7 Å². The molecule has 0 saturated carbocycles. The van der Waals surface area contributed by atoms with Crippen molar-refractivity contribution in [2.45, 2.75) is 19.3 Å². The first-order chi connectivity index (χ1) is 21.1. The molecule has 2 aromatic heterocycles. The average molecular weight is 594 g/mol. The van der Waals surface area contributed by atoms with Gasteiger partial charge < -0.3 is 19.4 Å². The molecular weight excluding hydrogens is 562 g/mol. The molecule has 0 unspecified atom stereocenters. The molecule has 10 heteroatoms. The molecular formula is C33H32ClN7O2. The van der Waals surface area contributed by atoms with Crippen LogP contribution in [0.3, 0.4) is 0 Å². The van der Waals surface area contributed by atoms with Gasteiger partial charge in [-0.05, 0) is 91.4 Å². The summed E-state index contributed by atoms with van der Waals surface area (Å²) in [4.78, 5) is 16.2. The Morgan fingerprint density at radius 3 is 2.40 bits per heavy atom. The number of piperidine rings is 1. The Morgan fingerprint density at radius 2 is 1.65 bits per heavy atom. The number of hydrogen-bond acceptors (Lipinski definition) is 9. The molecule has 3 heterocycles. The maximum Gasteiger partial charge on any atom is 0.250 e. The van der Waals surface area contributed by atoms with Crippen molar-refractivity contribution < 1.29 is 9.15 Å². The van der Waals surface area contributed by atoms with Crippen LogP contribution < -0.4 is 20.4 Å². The van der Waals surface area contributed by atoms with E-state index in [1.165, 1.54) is 5.56 Å². The Labute approximate surface area is 255 Å². The molecule has 0 radical (unpaired) electrons. The minimum absolute atomic E-state index is 0.327. The normalized spacial score (nSPS) is 13.8. The van der Waals surface area contributed by atoms with Crippen molar-refractivity contribution in [1.29, 1.82) is 0 Å². The smallest absolute Gasteiger partial charge is 0.250 e. The fourth-order valence-corrected chi connectivity index (χ4v) is 5.17. The number of furan rings is 1. The lowest BCUT2D eigenvalue weighted by Crippen LogP contribution is -2.35. The van der Waals surface area contributed by atoms with Gasteiger partial charge in [0.2, 0.25) is 17.8 Å². The van der Waals surface area contributed by atoms with E-state index in [1.54, 1.807) is 13.3 Å². The topological polar surface area (TPSA) is 101 Å². The molecule has 0 bridgehead atoms. The number of benzene rings is 3. The second kappa shape index (κ2) is 13.4. The van der Waals surface area contributed by atoms with Gasteiger partial charge in [0, 0.05) is 29.4 Å². The van der Waals surface area contributed by atoms with Crippen LogP contribution in [0.1, 0.15) is 24.2 Å². The number of halogens is 1. The Kier molecular flexibility index (Phi) is 8.80. The predicted molar refractivity (Wildman–Crippen MR) is 172 cm³/mol. The fraction of sp³-hybridized carbons (Fsp3) is 0.212. The number of ether oxygens (including phenoxy) is 1. The summed E-state index contributed by atoms with van der Waals surface area (Å²) in [5, 5.41) is 8.31. The Morgan fingerprint density at radius 1 is 0.907 bits per heavy atom. The standard InChI is InChI=1S/C33H32ClN7O2/c1-42-28-13-11-27(12-14-28)36-31-37-32(40-35-22-29-15-16-30(43-29)25-7-9-26(34)10-8-25)39-33(38-31)41-19-17-24(18-20-41)21-23-5-3-2-4-6-23/h2-16,22,24H,17-21H2,1H3,(H2,36,37,38,39,40). The van der Waals surface area contributed by atoms with E-state index in [0.29, 0.717) is 34.5 Å². The average Bonchev–Trinajstić information content (AvgIpc) is 3.51. The van der Waals surface area contributed by atoms with Crippen molar-refractivity contribution in [3.8, 4) is 17.1 Å². The zero-order chi connectivity index (χ0) is 29.4. The van der Waals surface area contributed by atoms with E-state index in [0.717, 1.165) is 55.1 Å². The van der Waals surface area contributed by atoms with Crippen molar-refractivity contribution >= 4 is 41.3 Å². The summed E-state index contributed by atoms with van der Waals surface area (Å²) < 4.78 is 11.2. The van der Waals surface area contributed by atoms with Crippen LogP contribution >= 0.6 is 11.6 Å². The number of methoxy groups -OCH3 is 1. The van der Waals surface area contributed by atoms with Crippen molar-refractivity contribution in [3.63, 3.8) is 0 Å². The van der Waals surface area contributed by atoms with Gasteiger partial charge >= 0.3 is 0 Å². The van der Waals surface area contributed by atoms with Crippen LogP contribution in [-0.2, 0) is 6.42 Å². The SMILES string of the molecule is COc1ccc(Nc2nc(NN=Cc3ccc(-c4ccc(Cl)cc4)o3)nc(N3CCC(Cc4ccccc4)CC3)n2)cc1. The summed E-state index contributed by atoms with van der Waals surface area (Å²) in [5.41, 5.74) is 6.10. The number of aromatic nitrogens is 3. The first-order valence-electron chi connectivity index (χ1n) is 14.2. The lowest BCUT2D eigenvalue weighted by Gasteiger charge is -2.32. The molecule has 0 amide bonds. The van der Waals surface area contributed by atoms with Gasteiger partial charge in [-0.3, -0.25) is 0 Å². The molecule has 1 aliphatic heterocycles. The number of hydrogen-bond donors (Lipinski definition) is 2. The molecule has 2 N–H and O–H groups in total. The van der Waals surface area contributed by atoms with Gasteiger partial charge in [0.15, 0.2) is 0 Å². The minimum Gasteiger partial charge on any atom is -0.497 e. The Balaban J connectivity index is 1.17. The maximum atomic E-state index is 6.01. The monoisotopic (exact) mass is 593 g/mol. The molecule has 0 aliphatic carbocycles. The van der Waals surface area contributed by atoms with Gasteiger partial charge in [-0.1, -0.05) is 41.9 Å². The van der Waals surface area contributed by atoms with E-state index in [9.17, 15) is 0 Å². The minimum atomic E-state index is 0.327. The van der Waals surface area contributed by atoms with Crippen molar-refractivity contribution in [1.82, 2.24) is 15.0 Å². The van der Waals surface area contributed by atoms with Crippen LogP contribution in [0.15, 0.2) is 101 Å². The summed E-state index contributed by atoms with van der Waals surface area (Å²) >= 11 is 6.01. The quantitative estimate of drug-likeness (QED) is 0.127. The molecule has 1 fully saturated rings. The van der Waals surface area contributed by atoms with Crippen molar-refractivity contribution in [3.05, 3.63) is 107 Å². The molecule has 1 saturated heterocycles. The number of rotatable bonds is 10. The van der Waals surface area contributed by atoms with E-state index >= 15 is 0 Å². The Hall–Kier alpha value is -4.89. The zero-order valence-electron chi connectivity index (χ0n) is 23.8. The van der Waals surface area contributed by atoms with Gasteiger partial charge in [0.05, 0.1) is 13.3 Å². The van der Waals surface area contributed by atoms with E-state index in [1.807, 2.05) is 60.7 Å². The summed E-state index contributed by atoms with van der Waals surface area (Å²) in [6, 6.07) is 29.5. The Bertz CT molecular complexity index is 1650. The molecule has 6 rings (SSSR count). The largest absolute Gasteiger partial charge is 0.497 e. The lowest BCUT2D eigenvalue weighted by atomic mass is 9.90. The van der Waals surface area contributed by atoms with Crippen LogP contribution in [0.5, 0.6) is 5.75 Å². The second-order valence-electron chi connectivity index (χ2n) is 10.3. The summed E-state index contributed by atoms with van der Waals surface area (Å²) in [7, 11) is 1.64. The maximum absolute atomic E-state index is 6.01. The predicted octanol–water partition coefficient (Wildman–Crippen LogP) is 7.44. The highest BCUT2D eigenvalue weighted by Crippen LogP contribution is 2.27. The highest BCUT2D eigenvalue weighted by molar-refractivity contribution is 6.30. The fourth-order valence-electron chi connectivity index (χ4n) is 5.05. The van der Waals surface area contributed by atoms with Crippen LogP contribution in [0, 0.1) is 5.92 Å². The van der Waals surface area contributed by atoms with Crippen molar-refractivity contribution in [2.24, 2.45) is 11.0 Å². The van der Waals surface area contributed by atoms with Crippen molar-refractivity contribution in [2.75, 3.05) is 35.8 Å². The number of nitrogens with zero attached hydrogens (tertiary/aromatic N) is 5. The zero-order valence-corrected chi connectivity index (χ0v) is 24.5. The van der Waals surface area contributed by atoms with Crippen LogP contribution in [0.25, 0.3) is 11.3 Å². The van der Waals surface area contributed by atoms with E-state index < -0.39 is 0 Å². The third kappa shape index (κ3) is 7.50. The molecule has 9 nitrogen and oxygen atoms in total. The highest BCUT2D eigenvalue weighted by atomic mass is 35.5. The molecule has 0 spiro atoms.